The van der Waals surface area contributed by atoms with Gasteiger partial charge < -0.3 is 35.4 Å². The van der Waals surface area contributed by atoms with Gasteiger partial charge in [-0.05, 0) is 12.1 Å². The zero-order chi connectivity index (χ0) is 15.7. The van der Waals surface area contributed by atoms with E-state index in [-0.39, 0.29) is 18.4 Å². The third-order valence-corrected chi connectivity index (χ3v) is 3.38. The first-order valence-corrected chi connectivity index (χ1v) is 6.29. The number of phenols is 3. The summed E-state index contributed by atoms with van der Waals surface area (Å²) in [7, 11) is 0. The molecule has 21 heavy (non-hydrogen) atoms. The third kappa shape index (κ3) is 3.18. The number of aromatic hydroxyl groups is 3. The predicted molar refractivity (Wildman–Crippen MR) is 67.9 cm³/mol. The number of hydrogen-bond acceptors (Lipinski definition) is 8. The summed E-state index contributed by atoms with van der Waals surface area (Å²) in [5.41, 5.74) is -0.196. The molecule has 0 amide bonds. The van der Waals surface area contributed by atoms with Gasteiger partial charge in [-0.15, -0.1) is 0 Å². The van der Waals surface area contributed by atoms with Gasteiger partial charge in [0.2, 0.25) is 0 Å². The van der Waals surface area contributed by atoms with Crippen LogP contribution in [-0.2, 0) is 4.74 Å². The highest BCUT2D eigenvalue weighted by atomic mass is 16.5. The van der Waals surface area contributed by atoms with Crippen molar-refractivity contribution >= 4 is 5.97 Å². The second-order valence-corrected chi connectivity index (χ2v) is 4.99. The maximum absolute atomic E-state index is 11.9. The van der Waals surface area contributed by atoms with Gasteiger partial charge in [0.15, 0.2) is 17.2 Å². The number of aliphatic hydroxyl groups is 3. The number of carbonyl (C=O) groups excluding carboxylic acids is 1. The van der Waals surface area contributed by atoms with Gasteiger partial charge in [0.1, 0.15) is 12.2 Å². The molecule has 1 saturated carbocycles. The Morgan fingerprint density at radius 1 is 1.00 bits per heavy atom. The first-order chi connectivity index (χ1) is 9.79. The lowest BCUT2D eigenvalue weighted by atomic mass is 9.90. The molecule has 2 rings (SSSR count). The van der Waals surface area contributed by atoms with Crippen LogP contribution in [0.4, 0.5) is 0 Å². The van der Waals surface area contributed by atoms with Gasteiger partial charge in [-0.3, -0.25) is 0 Å². The summed E-state index contributed by atoms with van der Waals surface area (Å²) in [4.78, 5) is 11.9. The smallest absolute Gasteiger partial charge is 0.338 e. The van der Waals surface area contributed by atoms with Crippen LogP contribution in [0.5, 0.6) is 17.2 Å². The van der Waals surface area contributed by atoms with E-state index in [0.29, 0.717) is 0 Å². The number of hydrogen-bond donors (Lipinski definition) is 6. The van der Waals surface area contributed by atoms with E-state index in [1.807, 2.05) is 0 Å². The van der Waals surface area contributed by atoms with Crippen molar-refractivity contribution in [1.29, 1.82) is 0 Å². The van der Waals surface area contributed by atoms with Gasteiger partial charge in [0.05, 0.1) is 17.8 Å². The van der Waals surface area contributed by atoms with Crippen LogP contribution in [0.3, 0.4) is 0 Å². The summed E-state index contributed by atoms with van der Waals surface area (Å²) in [6, 6.07) is 1.84. The van der Waals surface area contributed by atoms with Crippen LogP contribution in [0.25, 0.3) is 0 Å². The van der Waals surface area contributed by atoms with Crippen molar-refractivity contribution in [3.8, 4) is 17.2 Å². The monoisotopic (exact) mass is 300 g/mol. The Balaban J connectivity index is 2.08. The summed E-state index contributed by atoms with van der Waals surface area (Å²) >= 11 is 0. The maximum Gasteiger partial charge on any atom is 0.338 e. The number of phenolic OH excluding ortho intramolecular Hbond substituents is 3. The van der Waals surface area contributed by atoms with Crippen LogP contribution in [0.2, 0.25) is 0 Å². The van der Waals surface area contributed by atoms with Crippen LogP contribution >= 0.6 is 0 Å². The summed E-state index contributed by atoms with van der Waals surface area (Å²) in [6.45, 7) is 0. The largest absolute Gasteiger partial charge is 0.504 e. The van der Waals surface area contributed by atoms with Gasteiger partial charge >= 0.3 is 5.97 Å². The van der Waals surface area contributed by atoms with E-state index in [0.717, 1.165) is 12.1 Å². The third-order valence-electron chi connectivity index (χ3n) is 3.38. The number of ether oxygens (including phenoxy) is 1. The predicted octanol–water partition coefficient (Wildman–Crippen LogP) is -0.795. The number of rotatable bonds is 2. The molecule has 0 radical (unpaired) electrons. The minimum Gasteiger partial charge on any atom is -0.504 e. The molecule has 0 heterocycles. The fraction of sp³-hybridized carbons (Fsp3) is 0.462. The van der Waals surface area contributed by atoms with Crippen molar-refractivity contribution in [1.82, 2.24) is 0 Å². The Bertz CT molecular complexity index is 508. The molecule has 0 aromatic heterocycles. The minimum absolute atomic E-state index is 0.0417. The van der Waals surface area contributed by atoms with Crippen LogP contribution in [0.1, 0.15) is 23.2 Å². The van der Waals surface area contributed by atoms with Crippen molar-refractivity contribution in [3.63, 3.8) is 0 Å². The molecule has 8 nitrogen and oxygen atoms in total. The van der Waals surface area contributed by atoms with Gasteiger partial charge in [0.25, 0.3) is 0 Å². The first-order valence-electron chi connectivity index (χ1n) is 6.29. The molecule has 1 fully saturated rings. The zero-order valence-corrected chi connectivity index (χ0v) is 10.9. The van der Waals surface area contributed by atoms with Crippen molar-refractivity contribution in [2.24, 2.45) is 0 Å². The Labute approximate surface area is 119 Å². The molecule has 0 saturated heterocycles. The molecule has 1 aromatic rings. The van der Waals surface area contributed by atoms with E-state index < -0.39 is 47.6 Å². The van der Waals surface area contributed by atoms with Crippen LogP contribution in [0.15, 0.2) is 12.1 Å². The van der Waals surface area contributed by atoms with Crippen molar-refractivity contribution in [2.75, 3.05) is 0 Å². The van der Waals surface area contributed by atoms with E-state index in [1.54, 1.807) is 0 Å². The maximum atomic E-state index is 11.9. The molecule has 6 N–H and O–H groups in total. The molecule has 8 heteroatoms. The van der Waals surface area contributed by atoms with Crippen molar-refractivity contribution < 1.29 is 40.2 Å². The second kappa shape index (κ2) is 5.76. The summed E-state index contributed by atoms with van der Waals surface area (Å²) in [5, 5.41) is 56.2. The molecular weight excluding hydrogens is 284 g/mol. The van der Waals surface area contributed by atoms with Gasteiger partial charge in [-0.1, -0.05) is 0 Å². The van der Waals surface area contributed by atoms with E-state index in [2.05, 4.69) is 0 Å². The Kier molecular flexibility index (Phi) is 4.21. The highest BCUT2D eigenvalue weighted by molar-refractivity contribution is 5.91. The fourth-order valence-corrected chi connectivity index (χ4v) is 2.21. The Hall–Kier alpha value is -2.03. The lowest BCUT2D eigenvalue weighted by Gasteiger charge is -2.33. The Morgan fingerprint density at radius 2 is 1.48 bits per heavy atom. The average molecular weight is 300 g/mol. The highest BCUT2D eigenvalue weighted by Gasteiger charge is 2.36. The number of carbonyl (C=O) groups is 1. The normalized spacial score (nSPS) is 29.1. The first kappa shape index (κ1) is 15.4. The molecule has 0 bridgehead atoms. The molecule has 116 valence electrons. The van der Waals surface area contributed by atoms with Crippen LogP contribution in [0, 0.1) is 0 Å². The van der Waals surface area contributed by atoms with E-state index in [1.165, 1.54) is 0 Å². The minimum atomic E-state index is -1.29. The SMILES string of the molecule is O=C(OC1CC(O)C(O)C(O)C1)c1cc(O)c(O)c(O)c1. The molecule has 1 aromatic carbocycles. The summed E-state index contributed by atoms with van der Waals surface area (Å²) in [6.07, 6.45) is -4.62. The molecule has 1 aliphatic rings. The summed E-state index contributed by atoms with van der Waals surface area (Å²) < 4.78 is 5.04. The second-order valence-electron chi connectivity index (χ2n) is 4.99. The Morgan fingerprint density at radius 3 is 1.95 bits per heavy atom. The molecule has 0 spiro atoms. The molecule has 2 atom stereocenters. The van der Waals surface area contributed by atoms with Gasteiger partial charge in [-0.2, -0.15) is 0 Å². The highest BCUT2D eigenvalue weighted by Crippen LogP contribution is 2.35. The van der Waals surface area contributed by atoms with Crippen LogP contribution in [-0.4, -0.2) is 61.0 Å². The van der Waals surface area contributed by atoms with Gasteiger partial charge in [0, 0.05) is 12.8 Å². The number of esters is 1. The molecule has 0 aliphatic heterocycles. The molecular formula is C13H16O8. The van der Waals surface area contributed by atoms with Crippen molar-refractivity contribution in [2.45, 2.75) is 37.3 Å². The summed E-state index contributed by atoms with van der Waals surface area (Å²) in [5.74, 6) is -3.01. The molecule has 2 unspecified atom stereocenters. The average Bonchev–Trinajstić information content (AvgIpc) is 2.41. The number of aliphatic hydroxyl groups excluding tert-OH is 3. The van der Waals surface area contributed by atoms with Crippen molar-refractivity contribution in [3.05, 3.63) is 17.7 Å². The zero-order valence-electron chi connectivity index (χ0n) is 10.9. The quantitative estimate of drug-likeness (QED) is 0.307. The lowest BCUT2D eigenvalue weighted by molar-refractivity contribution is -0.119. The van der Waals surface area contributed by atoms with E-state index in [9.17, 15) is 35.4 Å². The van der Waals surface area contributed by atoms with Gasteiger partial charge in [-0.25, -0.2) is 4.79 Å². The molecule has 1 aliphatic carbocycles. The fourth-order valence-electron chi connectivity index (χ4n) is 2.21. The van der Waals surface area contributed by atoms with E-state index >= 15 is 0 Å². The standard InChI is InChI=1S/C13H16O8/c14-7-1-5(2-8(15)11(7)18)13(20)21-6-3-9(16)12(19)10(17)4-6/h1-2,6,9-10,12,14-19H,3-4H2. The van der Waals surface area contributed by atoms with E-state index in [4.69, 9.17) is 4.74 Å². The lowest BCUT2D eigenvalue weighted by Crippen LogP contribution is -2.47. The van der Waals surface area contributed by atoms with Crippen LogP contribution < -0.4 is 0 Å². The topological polar surface area (TPSA) is 148 Å². The number of benzene rings is 1.